The topological polar surface area (TPSA) is 62.8 Å². The van der Waals surface area contributed by atoms with Gasteiger partial charge in [0.05, 0.1) is 36.7 Å². The standard InChI is InChI=1S/C20H19F2N3O3/c1-25(11-18-27-7-8-28-18)17-6-5-12(9-15(17)22)23-10-13-19-14(21)3-2-4-16(19)24-20(13)26/h2-6,9-10,18,23H,7-8,11H2,1H3,(H,24,26). The van der Waals surface area contributed by atoms with E-state index in [9.17, 15) is 13.6 Å². The van der Waals surface area contributed by atoms with E-state index in [1.54, 1.807) is 30.1 Å². The maximum absolute atomic E-state index is 14.5. The van der Waals surface area contributed by atoms with Gasteiger partial charge < -0.3 is 25.0 Å². The molecule has 1 saturated heterocycles. The minimum atomic E-state index is -0.497. The molecule has 2 aliphatic rings. The lowest BCUT2D eigenvalue weighted by Crippen LogP contribution is -2.30. The molecule has 2 N–H and O–H groups in total. The van der Waals surface area contributed by atoms with Gasteiger partial charge >= 0.3 is 0 Å². The summed E-state index contributed by atoms with van der Waals surface area (Å²) in [6.45, 7) is 1.48. The van der Waals surface area contributed by atoms with Crippen LogP contribution in [0, 0.1) is 11.6 Å². The number of benzene rings is 2. The van der Waals surface area contributed by atoms with Gasteiger partial charge in [0.1, 0.15) is 11.6 Å². The number of anilines is 3. The minimum Gasteiger partial charge on any atom is -0.367 e. The van der Waals surface area contributed by atoms with E-state index in [2.05, 4.69) is 10.6 Å². The maximum atomic E-state index is 14.5. The Morgan fingerprint density at radius 1 is 1.21 bits per heavy atom. The van der Waals surface area contributed by atoms with Gasteiger partial charge in [-0.2, -0.15) is 0 Å². The molecule has 146 valence electrons. The third kappa shape index (κ3) is 3.56. The van der Waals surface area contributed by atoms with Crippen molar-refractivity contribution in [2.75, 3.05) is 42.3 Å². The van der Waals surface area contributed by atoms with Gasteiger partial charge in [-0.15, -0.1) is 0 Å². The molecule has 4 rings (SSSR count). The second-order valence-electron chi connectivity index (χ2n) is 6.54. The number of likely N-dealkylation sites (N-methyl/N-ethyl adjacent to an activating group) is 1. The molecular formula is C20H19F2N3O3. The summed E-state index contributed by atoms with van der Waals surface area (Å²) >= 11 is 0. The first-order valence-corrected chi connectivity index (χ1v) is 8.84. The number of carbonyl (C=O) groups excluding carboxylic acids is 1. The third-order valence-corrected chi connectivity index (χ3v) is 4.63. The Kier molecular flexibility index (Phi) is 4.97. The van der Waals surface area contributed by atoms with Gasteiger partial charge in [0.15, 0.2) is 6.29 Å². The van der Waals surface area contributed by atoms with E-state index < -0.39 is 17.5 Å². The van der Waals surface area contributed by atoms with Crippen LogP contribution >= 0.6 is 0 Å². The van der Waals surface area contributed by atoms with E-state index in [0.29, 0.717) is 36.8 Å². The molecule has 2 aromatic rings. The van der Waals surface area contributed by atoms with Gasteiger partial charge in [0.25, 0.3) is 5.91 Å². The quantitative estimate of drug-likeness (QED) is 0.772. The number of fused-ring (bicyclic) bond motifs is 1. The van der Waals surface area contributed by atoms with E-state index >= 15 is 0 Å². The zero-order chi connectivity index (χ0) is 19.7. The van der Waals surface area contributed by atoms with E-state index in [1.165, 1.54) is 24.4 Å². The number of halogens is 2. The predicted molar refractivity (Wildman–Crippen MR) is 102 cm³/mol. The number of hydrogen-bond donors (Lipinski definition) is 2. The number of nitrogens with zero attached hydrogens (tertiary/aromatic N) is 1. The average Bonchev–Trinajstić information content (AvgIpc) is 3.27. The Labute approximate surface area is 160 Å². The van der Waals surface area contributed by atoms with Crippen molar-refractivity contribution >= 4 is 28.5 Å². The van der Waals surface area contributed by atoms with E-state index in [0.717, 1.165) is 0 Å². The van der Waals surface area contributed by atoms with E-state index in [4.69, 9.17) is 9.47 Å². The van der Waals surface area contributed by atoms with Crippen LogP contribution in [0.25, 0.3) is 5.57 Å². The molecule has 8 heteroatoms. The summed E-state index contributed by atoms with van der Waals surface area (Å²) in [5.41, 5.74) is 1.61. The lowest BCUT2D eigenvalue weighted by molar-refractivity contribution is -0.110. The Morgan fingerprint density at radius 3 is 2.75 bits per heavy atom. The van der Waals surface area contributed by atoms with Crippen molar-refractivity contribution in [1.29, 1.82) is 0 Å². The van der Waals surface area contributed by atoms with Crippen LogP contribution in [-0.4, -0.2) is 39.0 Å². The molecular weight excluding hydrogens is 368 g/mol. The first kappa shape index (κ1) is 18.4. The lowest BCUT2D eigenvalue weighted by Gasteiger charge is -2.23. The summed E-state index contributed by atoms with van der Waals surface area (Å²) in [5.74, 6) is -1.35. The molecule has 0 radical (unpaired) electrons. The summed E-state index contributed by atoms with van der Waals surface area (Å²) in [6.07, 6.45) is 1.01. The van der Waals surface area contributed by atoms with E-state index in [1.807, 2.05) is 0 Å². The number of ether oxygens (including phenoxy) is 2. The Balaban J connectivity index is 1.50. The van der Waals surface area contributed by atoms with Crippen molar-refractivity contribution in [3.05, 3.63) is 59.8 Å². The van der Waals surface area contributed by atoms with Crippen LogP contribution in [0.5, 0.6) is 0 Å². The number of amides is 1. The second kappa shape index (κ2) is 7.57. The van der Waals surface area contributed by atoms with Crippen LogP contribution in [0.15, 0.2) is 42.6 Å². The molecule has 28 heavy (non-hydrogen) atoms. The first-order valence-electron chi connectivity index (χ1n) is 8.84. The molecule has 0 spiro atoms. The normalized spacial score (nSPS) is 17.7. The second-order valence-corrected chi connectivity index (χ2v) is 6.54. The maximum Gasteiger partial charge on any atom is 0.257 e. The van der Waals surface area contributed by atoms with Crippen LogP contribution < -0.4 is 15.5 Å². The fourth-order valence-corrected chi connectivity index (χ4v) is 3.24. The number of hydrogen-bond acceptors (Lipinski definition) is 5. The van der Waals surface area contributed by atoms with Gasteiger partial charge in [-0.05, 0) is 30.3 Å². The SMILES string of the molecule is CN(CC1OCCO1)c1ccc(NC=C2C(=O)Nc3cccc(F)c32)cc1F. The van der Waals surface area contributed by atoms with Crippen molar-refractivity contribution in [2.24, 2.45) is 0 Å². The summed E-state index contributed by atoms with van der Waals surface area (Å²) in [5, 5.41) is 5.47. The van der Waals surface area contributed by atoms with Crippen LogP contribution in [-0.2, 0) is 14.3 Å². The highest BCUT2D eigenvalue weighted by molar-refractivity contribution is 6.31. The molecule has 1 amide bonds. The van der Waals surface area contributed by atoms with Crippen LogP contribution in [0.1, 0.15) is 5.56 Å². The van der Waals surface area contributed by atoms with E-state index in [-0.39, 0.29) is 17.4 Å². The largest absolute Gasteiger partial charge is 0.367 e. The van der Waals surface area contributed by atoms with Gasteiger partial charge in [-0.25, -0.2) is 8.78 Å². The summed E-state index contributed by atoms with van der Waals surface area (Å²) < 4.78 is 39.4. The fraction of sp³-hybridized carbons (Fsp3) is 0.250. The van der Waals surface area contributed by atoms with Crippen LogP contribution in [0.4, 0.5) is 25.8 Å². The highest BCUT2D eigenvalue weighted by Gasteiger charge is 2.27. The van der Waals surface area contributed by atoms with Crippen molar-refractivity contribution in [1.82, 2.24) is 0 Å². The monoisotopic (exact) mass is 387 g/mol. The summed E-state index contributed by atoms with van der Waals surface area (Å²) in [4.78, 5) is 13.8. The lowest BCUT2D eigenvalue weighted by atomic mass is 10.1. The molecule has 2 heterocycles. The number of carbonyl (C=O) groups is 1. The molecule has 2 aromatic carbocycles. The van der Waals surface area contributed by atoms with Crippen molar-refractivity contribution < 1.29 is 23.0 Å². The molecule has 0 unspecified atom stereocenters. The van der Waals surface area contributed by atoms with Crippen molar-refractivity contribution in [3.8, 4) is 0 Å². The van der Waals surface area contributed by atoms with Gasteiger partial charge in [0.2, 0.25) is 0 Å². The average molecular weight is 387 g/mol. The molecule has 0 aliphatic carbocycles. The Hall–Kier alpha value is -2.97. The summed E-state index contributed by atoms with van der Waals surface area (Å²) in [7, 11) is 1.75. The van der Waals surface area contributed by atoms with Crippen LogP contribution in [0.2, 0.25) is 0 Å². The smallest absolute Gasteiger partial charge is 0.257 e. The molecule has 0 saturated carbocycles. The van der Waals surface area contributed by atoms with Gasteiger partial charge in [0, 0.05) is 24.5 Å². The molecule has 6 nitrogen and oxygen atoms in total. The number of rotatable bonds is 5. The molecule has 0 aromatic heterocycles. The fourth-order valence-electron chi connectivity index (χ4n) is 3.24. The highest BCUT2D eigenvalue weighted by atomic mass is 19.1. The summed E-state index contributed by atoms with van der Waals surface area (Å²) in [6, 6.07) is 9.05. The Bertz CT molecular complexity index is 942. The molecule has 0 atom stereocenters. The minimum absolute atomic E-state index is 0.158. The molecule has 1 fully saturated rings. The zero-order valence-electron chi connectivity index (χ0n) is 15.2. The zero-order valence-corrected chi connectivity index (χ0v) is 15.2. The third-order valence-electron chi connectivity index (χ3n) is 4.63. The Morgan fingerprint density at radius 2 is 2.00 bits per heavy atom. The first-order chi connectivity index (χ1) is 13.5. The highest BCUT2D eigenvalue weighted by Crippen LogP contribution is 2.33. The number of nitrogens with one attached hydrogen (secondary N) is 2. The van der Waals surface area contributed by atoms with Gasteiger partial charge in [-0.1, -0.05) is 6.07 Å². The van der Waals surface area contributed by atoms with Crippen molar-refractivity contribution in [3.63, 3.8) is 0 Å². The molecule has 0 bridgehead atoms. The predicted octanol–water partition coefficient (Wildman–Crippen LogP) is 3.18. The molecule has 2 aliphatic heterocycles. The van der Waals surface area contributed by atoms with Crippen LogP contribution in [0.3, 0.4) is 0 Å². The van der Waals surface area contributed by atoms with Gasteiger partial charge in [-0.3, -0.25) is 4.79 Å². The van der Waals surface area contributed by atoms with Crippen molar-refractivity contribution in [2.45, 2.75) is 6.29 Å².